The van der Waals surface area contributed by atoms with E-state index in [2.05, 4.69) is 21.2 Å². The molecular formula is C23H22BrN3O6. The lowest BCUT2D eigenvalue weighted by atomic mass is 10.0. The average molecular weight is 516 g/mol. The first-order valence-corrected chi connectivity index (χ1v) is 10.8. The highest BCUT2D eigenvalue weighted by Gasteiger charge is 2.37. The average Bonchev–Trinajstić information content (AvgIpc) is 2.73. The van der Waals surface area contributed by atoms with Gasteiger partial charge in [0, 0.05) is 0 Å². The number of hydrogen-bond donors (Lipinski definition) is 2. The molecule has 1 heterocycles. The van der Waals surface area contributed by atoms with Crippen molar-refractivity contribution in [2.24, 2.45) is 5.73 Å². The zero-order valence-corrected chi connectivity index (χ0v) is 19.8. The SMILES string of the molecule is CCOc1cc(/C=C2\C(=O)NC(=O)N(c3ccc(C)c(C)c3)C2=O)cc(Br)c1OCC(N)=O. The van der Waals surface area contributed by atoms with E-state index in [-0.39, 0.29) is 23.7 Å². The van der Waals surface area contributed by atoms with Gasteiger partial charge in [-0.3, -0.25) is 19.7 Å². The number of imide groups is 2. The molecule has 1 saturated heterocycles. The molecule has 0 aromatic heterocycles. The standard InChI is InChI=1S/C23H22BrN3O6/c1-4-32-18-10-14(9-17(24)20(18)33-11-19(25)28)8-16-21(29)26-23(31)27(22(16)30)15-6-5-12(2)13(3)7-15/h5-10H,4,11H2,1-3H3,(H2,25,28)(H,26,29,31)/b16-8+. The maximum absolute atomic E-state index is 13.1. The first-order valence-electron chi connectivity index (χ1n) is 9.98. The quantitative estimate of drug-likeness (QED) is 0.430. The maximum Gasteiger partial charge on any atom is 0.335 e. The van der Waals surface area contributed by atoms with E-state index in [1.165, 1.54) is 6.08 Å². The number of rotatable bonds is 7. The molecule has 10 heteroatoms. The highest BCUT2D eigenvalue weighted by atomic mass is 79.9. The molecule has 9 nitrogen and oxygen atoms in total. The van der Waals surface area contributed by atoms with Gasteiger partial charge < -0.3 is 15.2 Å². The molecule has 0 saturated carbocycles. The third-order valence-electron chi connectivity index (χ3n) is 4.85. The van der Waals surface area contributed by atoms with Gasteiger partial charge in [-0.25, -0.2) is 9.69 Å². The summed E-state index contributed by atoms with van der Waals surface area (Å²) in [6.07, 6.45) is 1.35. The lowest BCUT2D eigenvalue weighted by molar-refractivity contribution is -0.123. The fraction of sp³-hybridized carbons (Fsp3) is 0.217. The van der Waals surface area contributed by atoms with Crippen LogP contribution in [0.5, 0.6) is 11.5 Å². The monoisotopic (exact) mass is 515 g/mol. The van der Waals surface area contributed by atoms with Crippen LogP contribution >= 0.6 is 15.9 Å². The number of carbonyl (C=O) groups excluding carboxylic acids is 4. The number of nitrogens with zero attached hydrogens (tertiary/aromatic N) is 1. The highest BCUT2D eigenvalue weighted by Crippen LogP contribution is 2.38. The number of primary amides is 1. The maximum atomic E-state index is 13.1. The Labute approximate surface area is 198 Å². The summed E-state index contributed by atoms with van der Waals surface area (Å²) in [7, 11) is 0. The van der Waals surface area contributed by atoms with Crippen LogP contribution in [0.1, 0.15) is 23.6 Å². The molecule has 1 aliphatic heterocycles. The van der Waals surface area contributed by atoms with E-state index in [1.807, 2.05) is 13.8 Å². The van der Waals surface area contributed by atoms with Gasteiger partial charge in [0.15, 0.2) is 18.1 Å². The molecule has 172 valence electrons. The second-order valence-corrected chi connectivity index (χ2v) is 8.10. The topological polar surface area (TPSA) is 128 Å². The first-order chi connectivity index (χ1) is 15.6. The number of nitrogens with one attached hydrogen (secondary N) is 1. The number of nitrogens with two attached hydrogens (primary N) is 1. The number of anilines is 1. The Hall–Kier alpha value is -3.66. The number of barbiturate groups is 1. The third-order valence-corrected chi connectivity index (χ3v) is 5.44. The van der Waals surface area contributed by atoms with Crippen LogP contribution in [-0.2, 0) is 14.4 Å². The van der Waals surface area contributed by atoms with Crippen molar-refractivity contribution in [1.29, 1.82) is 0 Å². The number of urea groups is 1. The van der Waals surface area contributed by atoms with Crippen molar-refractivity contribution >= 4 is 51.4 Å². The van der Waals surface area contributed by atoms with Crippen LogP contribution in [0, 0.1) is 13.8 Å². The molecule has 3 N–H and O–H groups in total. The fourth-order valence-corrected chi connectivity index (χ4v) is 3.72. The molecule has 0 spiro atoms. The molecule has 0 bridgehead atoms. The van der Waals surface area contributed by atoms with Crippen LogP contribution in [0.4, 0.5) is 10.5 Å². The van der Waals surface area contributed by atoms with Gasteiger partial charge in [-0.15, -0.1) is 0 Å². The van der Waals surface area contributed by atoms with Crippen molar-refractivity contribution in [1.82, 2.24) is 5.32 Å². The van der Waals surface area contributed by atoms with Gasteiger partial charge in [0.25, 0.3) is 17.7 Å². The number of halogens is 1. The van der Waals surface area contributed by atoms with E-state index in [0.29, 0.717) is 22.3 Å². The van der Waals surface area contributed by atoms with Crippen molar-refractivity contribution in [2.75, 3.05) is 18.1 Å². The zero-order chi connectivity index (χ0) is 24.3. The van der Waals surface area contributed by atoms with Crippen LogP contribution in [-0.4, -0.2) is 37.0 Å². The largest absolute Gasteiger partial charge is 0.490 e. The van der Waals surface area contributed by atoms with Crippen LogP contribution in [0.3, 0.4) is 0 Å². The summed E-state index contributed by atoms with van der Waals surface area (Å²) in [5.74, 6) is -1.69. The van der Waals surface area contributed by atoms with Crippen molar-refractivity contribution < 1.29 is 28.7 Å². The summed E-state index contributed by atoms with van der Waals surface area (Å²) in [6, 6.07) is 7.45. The van der Waals surface area contributed by atoms with E-state index in [4.69, 9.17) is 15.2 Å². The number of benzene rings is 2. The number of aryl methyl sites for hydroxylation is 2. The zero-order valence-electron chi connectivity index (χ0n) is 18.2. The Morgan fingerprint density at radius 1 is 1.12 bits per heavy atom. The molecule has 2 aromatic carbocycles. The minimum Gasteiger partial charge on any atom is -0.490 e. The first kappa shape index (κ1) is 24.0. The smallest absolute Gasteiger partial charge is 0.335 e. The molecule has 5 amide bonds. The third kappa shape index (κ3) is 5.23. The van der Waals surface area contributed by atoms with Gasteiger partial charge in [0.2, 0.25) is 0 Å². The normalized spacial score (nSPS) is 15.0. The second-order valence-electron chi connectivity index (χ2n) is 7.24. The van der Waals surface area contributed by atoms with Crippen LogP contribution in [0.2, 0.25) is 0 Å². The minimum atomic E-state index is -0.822. The molecular weight excluding hydrogens is 494 g/mol. The number of carbonyl (C=O) groups is 4. The lowest BCUT2D eigenvalue weighted by Gasteiger charge is -2.27. The summed E-state index contributed by atoms with van der Waals surface area (Å²) in [4.78, 5) is 50.1. The molecule has 0 radical (unpaired) electrons. The van der Waals surface area contributed by atoms with E-state index in [1.54, 1.807) is 37.3 Å². The molecule has 3 rings (SSSR count). The summed E-state index contributed by atoms with van der Waals surface area (Å²) < 4.78 is 11.4. The highest BCUT2D eigenvalue weighted by molar-refractivity contribution is 9.10. The Morgan fingerprint density at radius 3 is 2.48 bits per heavy atom. The Bertz CT molecular complexity index is 1190. The summed E-state index contributed by atoms with van der Waals surface area (Å²) in [5, 5.41) is 2.20. The van der Waals surface area contributed by atoms with Gasteiger partial charge >= 0.3 is 6.03 Å². The van der Waals surface area contributed by atoms with Crippen molar-refractivity contribution in [2.45, 2.75) is 20.8 Å². The summed E-state index contributed by atoms with van der Waals surface area (Å²) in [6.45, 7) is 5.49. The molecule has 1 fully saturated rings. The van der Waals surface area contributed by atoms with E-state index in [9.17, 15) is 19.2 Å². The van der Waals surface area contributed by atoms with Gasteiger partial charge in [0.05, 0.1) is 16.8 Å². The Kier molecular flexibility index (Phi) is 7.17. The van der Waals surface area contributed by atoms with Crippen molar-refractivity contribution in [3.63, 3.8) is 0 Å². The molecule has 0 atom stereocenters. The number of hydrogen-bond acceptors (Lipinski definition) is 6. The minimum absolute atomic E-state index is 0.229. The van der Waals surface area contributed by atoms with Gasteiger partial charge in [-0.05, 0) is 83.7 Å². The van der Waals surface area contributed by atoms with Crippen LogP contribution < -0.4 is 25.4 Å². The summed E-state index contributed by atoms with van der Waals surface area (Å²) in [5.41, 5.74) is 7.60. The Balaban J connectivity index is 2.02. The number of ether oxygens (including phenoxy) is 2. The second kappa shape index (κ2) is 9.86. The fourth-order valence-electron chi connectivity index (χ4n) is 3.14. The Morgan fingerprint density at radius 2 is 1.85 bits per heavy atom. The van der Waals surface area contributed by atoms with Crippen LogP contribution in [0.25, 0.3) is 6.08 Å². The lowest BCUT2D eigenvalue weighted by Crippen LogP contribution is -2.54. The molecule has 33 heavy (non-hydrogen) atoms. The predicted molar refractivity (Wildman–Crippen MR) is 125 cm³/mol. The van der Waals surface area contributed by atoms with E-state index >= 15 is 0 Å². The van der Waals surface area contributed by atoms with Crippen LogP contribution in [0.15, 0.2) is 40.4 Å². The van der Waals surface area contributed by atoms with Gasteiger partial charge in [-0.1, -0.05) is 6.07 Å². The van der Waals surface area contributed by atoms with Gasteiger partial charge in [0.1, 0.15) is 5.57 Å². The summed E-state index contributed by atoms with van der Waals surface area (Å²) >= 11 is 3.35. The molecule has 1 aliphatic rings. The molecule has 2 aromatic rings. The van der Waals surface area contributed by atoms with E-state index in [0.717, 1.165) is 16.0 Å². The van der Waals surface area contributed by atoms with Crippen molar-refractivity contribution in [3.05, 3.63) is 57.1 Å². The van der Waals surface area contributed by atoms with Gasteiger partial charge in [-0.2, -0.15) is 0 Å². The predicted octanol–water partition coefficient (Wildman–Crippen LogP) is 3.00. The molecule has 0 aliphatic carbocycles. The van der Waals surface area contributed by atoms with E-state index < -0.39 is 23.8 Å². The molecule has 0 unspecified atom stereocenters. The van der Waals surface area contributed by atoms with Crippen molar-refractivity contribution in [3.8, 4) is 11.5 Å². The number of amides is 5.